The predicted octanol–water partition coefficient (Wildman–Crippen LogP) is 5.37. The van der Waals surface area contributed by atoms with E-state index in [1.807, 2.05) is 31.2 Å². The van der Waals surface area contributed by atoms with Crippen LogP contribution in [0, 0.1) is 19.9 Å². The average Bonchev–Trinajstić information content (AvgIpc) is 2.65. The van der Waals surface area contributed by atoms with E-state index in [0.717, 1.165) is 27.7 Å². The van der Waals surface area contributed by atoms with Gasteiger partial charge in [0.1, 0.15) is 0 Å². The van der Waals surface area contributed by atoms with E-state index < -0.39 is 0 Å². The SMILES string of the molecule is CC(=O)/C=C(/C)O.COc1cc2ccc(-c3[c-]c(C)cc(C)c3)nc2cc1OC.[Ir]. The van der Waals surface area contributed by atoms with Crippen LogP contribution in [-0.2, 0) is 24.9 Å². The zero-order chi connectivity index (χ0) is 21.6. The maximum absolute atomic E-state index is 10.0. The molecule has 1 aromatic heterocycles. The van der Waals surface area contributed by atoms with Crippen LogP contribution in [0.1, 0.15) is 25.0 Å². The molecular weight excluding hydrogens is 558 g/mol. The van der Waals surface area contributed by atoms with Gasteiger partial charge in [-0.1, -0.05) is 26.0 Å². The Labute approximate surface area is 191 Å². The molecular formula is C24H26IrNO4-. The van der Waals surface area contributed by atoms with Crippen molar-refractivity contribution in [3.8, 4) is 22.8 Å². The van der Waals surface area contributed by atoms with Crippen LogP contribution in [-0.4, -0.2) is 30.1 Å². The van der Waals surface area contributed by atoms with Gasteiger partial charge < -0.3 is 14.6 Å². The van der Waals surface area contributed by atoms with Crippen molar-refractivity contribution in [3.05, 3.63) is 65.4 Å². The van der Waals surface area contributed by atoms with Gasteiger partial charge in [0.25, 0.3) is 0 Å². The predicted molar refractivity (Wildman–Crippen MR) is 116 cm³/mol. The van der Waals surface area contributed by atoms with Gasteiger partial charge in [-0.2, -0.15) is 0 Å². The summed E-state index contributed by atoms with van der Waals surface area (Å²) in [5.74, 6) is 1.33. The quantitative estimate of drug-likeness (QED) is 0.254. The maximum Gasteiger partial charge on any atom is 0.162 e. The Morgan fingerprint density at radius 1 is 1.03 bits per heavy atom. The summed E-state index contributed by atoms with van der Waals surface area (Å²) in [6.45, 7) is 6.98. The number of rotatable bonds is 4. The summed E-state index contributed by atoms with van der Waals surface area (Å²) >= 11 is 0. The summed E-state index contributed by atoms with van der Waals surface area (Å²) in [6, 6.07) is 15.5. The van der Waals surface area contributed by atoms with E-state index in [9.17, 15) is 4.79 Å². The molecule has 0 spiro atoms. The van der Waals surface area contributed by atoms with Gasteiger partial charge in [0.05, 0.1) is 25.5 Å². The first kappa shape index (κ1) is 25.3. The molecule has 1 radical (unpaired) electrons. The Balaban J connectivity index is 0.000000489. The van der Waals surface area contributed by atoms with Gasteiger partial charge in [-0.15, -0.1) is 34.9 Å². The largest absolute Gasteiger partial charge is 0.512 e. The Morgan fingerprint density at radius 3 is 2.17 bits per heavy atom. The minimum atomic E-state index is -0.125. The minimum absolute atomic E-state index is 0. The monoisotopic (exact) mass is 585 g/mol. The fraction of sp³-hybridized carbons (Fsp3) is 0.250. The second kappa shape index (κ2) is 11.5. The number of hydrogen-bond donors (Lipinski definition) is 1. The standard InChI is InChI=1S/C19H18NO2.C5H8O2.Ir/c1-12-7-13(2)9-15(8-12)16-6-5-14-10-18(21-3)19(22-4)11-17(14)20-16;1-4(6)3-5(2)7;/h5-8,10-11H,1-4H3;3,6H,1-2H3;/q-1;;/b;4-3-;. The number of aryl methyl sites for hydroxylation is 2. The van der Waals surface area contributed by atoms with Crippen LogP contribution >= 0.6 is 0 Å². The van der Waals surface area contributed by atoms with Gasteiger partial charge >= 0.3 is 0 Å². The van der Waals surface area contributed by atoms with E-state index >= 15 is 0 Å². The number of carbonyl (C=O) groups excluding carboxylic acids is 1. The average molecular weight is 585 g/mol. The number of hydrogen-bond acceptors (Lipinski definition) is 5. The van der Waals surface area contributed by atoms with Crippen molar-refractivity contribution in [3.63, 3.8) is 0 Å². The van der Waals surface area contributed by atoms with Gasteiger partial charge in [-0.05, 0) is 25.6 Å². The Morgan fingerprint density at radius 2 is 1.67 bits per heavy atom. The Hall–Kier alpha value is -2.69. The van der Waals surface area contributed by atoms with Crippen molar-refractivity contribution >= 4 is 16.7 Å². The first-order chi connectivity index (χ1) is 13.7. The summed E-state index contributed by atoms with van der Waals surface area (Å²) in [6.07, 6.45) is 1.17. The zero-order valence-corrected chi connectivity index (χ0v) is 20.4. The molecule has 0 aliphatic rings. The number of ketones is 1. The molecule has 0 aliphatic carbocycles. The Bertz CT molecular complexity index is 1040. The van der Waals surface area contributed by atoms with Gasteiger partial charge in [0, 0.05) is 37.6 Å². The van der Waals surface area contributed by atoms with Crippen molar-refractivity contribution in [2.24, 2.45) is 0 Å². The number of methoxy groups -OCH3 is 2. The van der Waals surface area contributed by atoms with E-state index in [0.29, 0.717) is 11.5 Å². The molecule has 3 rings (SSSR count). The van der Waals surface area contributed by atoms with Crippen molar-refractivity contribution in [2.75, 3.05) is 14.2 Å². The first-order valence-corrected chi connectivity index (χ1v) is 9.15. The van der Waals surface area contributed by atoms with Crippen molar-refractivity contribution in [1.82, 2.24) is 4.98 Å². The van der Waals surface area contributed by atoms with Crippen LogP contribution in [0.5, 0.6) is 11.5 Å². The fourth-order valence-corrected chi connectivity index (χ4v) is 2.93. The van der Waals surface area contributed by atoms with Crippen LogP contribution in [0.3, 0.4) is 0 Å². The third-order valence-electron chi connectivity index (χ3n) is 4.03. The molecule has 3 aromatic rings. The molecule has 0 fully saturated rings. The number of carbonyl (C=O) groups is 1. The number of allylic oxidation sites excluding steroid dienone is 2. The second-order valence-corrected chi connectivity index (χ2v) is 6.75. The first-order valence-electron chi connectivity index (χ1n) is 9.15. The van der Waals surface area contributed by atoms with E-state index in [-0.39, 0.29) is 31.6 Å². The molecule has 0 saturated carbocycles. The van der Waals surface area contributed by atoms with E-state index in [1.54, 1.807) is 14.2 Å². The third kappa shape index (κ3) is 6.97. The number of ether oxygens (including phenoxy) is 2. The van der Waals surface area contributed by atoms with Gasteiger partial charge in [0.2, 0.25) is 0 Å². The number of aliphatic hydroxyl groups excluding tert-OH is 1. The normalized spacial score (nSPS) is 10.5. The number of aliphatic hydroxyl groups is 1. The van der Waals surface area contributed by atoms with Crippen LogP contribution in [0.15, 0.2) is 48.2 Å². The van der Waals surface area contributed by atoms with Crippen LogP contribution in [0.2, 0.25) is 0 Å². The zero-order valence-electron chi connectivity index (χ0n) is 18.0. The van der Waals surface area contributed by atoms with Crippen molar-refractivity contribution in [2.45, 2.75) is 27.7 Å². The topological polar surface area (TPSA) is 68.7 Å². The molecule has 0 amide bonds. The molecule has 1 heterocycles. The Kier molecular flexibility index (Phi) is 9.70. The molecule has 1 N–H and O–H groups in total. The van der Waals surface area contributed by atoms with E-state index in [2.05, 4.69) is 25.1 Å². The van der Waals surface area contributed by atoms with Gasteiger partial charge in [-0.3, -0.25) is 9.78 Å². The number of nitrogens with zero attached hydrogens (tertiary/aromatic N) is 1. The summed E-state index contributed by atoms with van der Waals surface area (Å²) < 4.78 is 10.7. The molecule has 0 aliphatic heterocycles. The molecule has 5 nitrogen and oxygen atoms in total. The van der Waals surface area contributed by atoms with Gasteiger partial charge in [0.15, 0.2) is 17.3 Å². The van der Waals surface area contributed by atoms with Gasteiger partial charge in [-0.25, -0.2) is 0 Å². The fourth-order valence-electron chi connectivity index (χ4n) is 2.93. The van der Waals surface area contributed by atoms with E-state index in [1.165, 1.54) is 25.5 Å². The maximum atomic E-state index is 10.0. The minimum Gasteiger partial charge on any atom is -0.512 e. The summed E-state index contributed by atoms with van der Waals surface area (Å²) in [4.78, 5) is 14.8. The smallest absolute Gasteiger partial charge is 0.162 e. The molecule has 161 valence electrons. The molecule has 30 heavy (non-hydrogen) atoms. The number of fused-ring (bicyclic) bond motifs is 1. The van der Waals surface area contributed by atoms with Crippen molar-refractivity contribution < 1.29 is 39.5 Å². The molecule has 0 unspecified atom stereocenters. The summed E-state index contributed by atoms with van der Waals surface area (Å²) in [5.41, 5.74) is 5.12. The molecule has 0 bridgehead atoms. The summed E-state index contributed by atoms with van der Waals surface area (Å²) in [5, 5.41) is 9.38. The number of pyridine rings is 1. The number of aromatic nitrogens is 1. The van der Waals surface area contributed by atoms with Crippen LogP contribution < -0.4 is 9.47 Å². The molecule has 6 heteroatoms. The van der Waals surface area contributed by atoms with Crippen LogP contribution in [0.4, 0.5) is 0 Å². The number of benzene rings is 2. The van der Waals surface area contributed by atoms with Crippen LogP contribution in [0.25, 0.3) is 22.2 Å². The molecule has 2 aromatic carbocycles. The second-order valence-electron chi connectivity index (χ2n) is 6.75. The molecule has 0 atom stereocenters. The third-order valence-corrected chi connectivity index (χ3v) is 4.03. The molecule has 0 saturated heterocycles. The summed E-state index contributed by atoms with van der Waals surface area (Å²) in [7, 11) is 3.27. The van der Waals surface area contributed by atoms with Crippen molar-refractivity contribution in [1.29, 1.82) is 0 Å². The van der Waals surface area contributed by atoms with E-state index in [4.69, 9.17) is 19.6 Å².